The van der Waals surface area contributed by atoms with E-state index in [0.717, 1.165) is 19.3 Å². The van der Waals surface area contributed by atoms with Crippen LogP contribution in [0.5, 0.6) is 0 Å². The Balaban J connectivity index is 2.28. The van der Waals surface area contributed by atoms with Gasteiger partial charge >= 0.3 is 0 Å². The molecule has 1 aliphatic heterocycles. The summed E-state index contributed by atoms with van der Waals surface area (Å²) in [7, 11) is 1.66. The zero-order valence-electron chi connectivity index (χ0n) is 11.5. The predicted octanol–water partition coefficient (Wildman–Crippen LogP) is 1.74. The van der Waals surface area contributed by atoms with E-state index >= 15 is 0 Å². The minimum absolute atomic E-state index is 0.0809. The maximum absolute atomic E-state index is 12.2. The Hall–Kier alpha value is -0.900. The molecule has 4 nitrogen and oxygen atoms in total. The number of rotatable bonds is 5. The highest BCUT2D eigenvalue weighted by Gasteiger charge is 2.56. The average molecular weight is 253 g/mol. The van der Waals surface area contributed by atoms with E-state index in [9.17, 15) is 9.59 Å². The number of piperidine rings is 1. The topological polar surface area (TPSA) is 55.4 Å². The highest BCUT2D eigenvalue weighted by molar-refractivity contribution is 5.99. The number of carbonyl (C=O) groups excluding carboxylic acids is 2. The summed E-state index contributed by atoms with van der Waals surface area (Å²) in [6, 6.07) is 0. The molecule has 0 radical (unpaired) electrons. The number of nitrogens with one attached hydrogen (secondary N) is 1. The molecule has 18 heavy (non-hydrogen) atoms. The smallest absolute Gasteiger partial charge is 0.230 e. The normalized spacial score (nSPS) is 32.8. The van der Waals surface area contributed by atoms with Crippen LogP contribution in [0, 0.1) is 23.2 Å². The van der Waals surface area contributed by atoms with Gasteiger partial charge in [-0.15, -0.1) is 0 Å². The molecule has 1 N–H and O–H groups in total. The molecule has 1 saturated carbocycles. The molecule has 2 rings (SSSR count). The molecule has 0 bridgehead atoms. The zero-order chi connectivity index (χ0) is 13.3. The molecule has 2 atom stereocenters. The Morgan fingerprint density at radius 2 is 2.06 bits per heavy atom. The van der Waals surface area contributed by atoms with Gasteiger partial charge in [0.15, 0.2) is 0 Å². The van der Waals surface area contributed by atoms with Crippen molar-refractivity contribution < 1.29 is 14.3 Å². The maximum Gasteiger partial charge on any atom is 0.230 e. The molecule has 2 fully saturated rings. The summed E-state index contributed by atoms with van der Waals surface area (Å²) in [6.07, 6.45) is 3.52. The van der Waals surface area contributed by atoms with E-state index in [0.29, 0.717) is 24.9 Å². The molecule has 2 amide bonds. The number of methoxy groups -OCH3 is 1. The molecular weight excluding hydrogens is 230 g/mol. The Labute approximate surface area is 108 Å². The summed E-state index contributed by atoms with van der Waals surface area (Å²) in [4.78, 5) is 23.9. The molecule has 2 unspecified atom stereocenters. The fourth-order valence-electron chi connectivity index (χ4n) is 3.39. The van der Waals surface area contributed by atoms with Crippen LogP contribution in [0.25, 0.3) is 0 Å². The molecule has 102 valence electrons. The molecule has 1 heterocycles. The minimum Gasteiger partial charge on any atom is -0.384 e. The van der Waals surface area contributed by atoms with Crippen LogP contribution in [-0.2, 0) is 14.3 Å². The third-order valence-electron chi connectivity index (χ3n) is 4.27. The van der Waals surface area contributed by atoms with Crippen molar-refractivity contribution in [2.75, 3.05) is 13.7 Å². The largest absolute Gasteiger partial charge is 0.384 e. The van der Waals surface area contributed by atoms with Crippen molar-refractivity contribution in [2.24, 2.45) is 23.2 Å². The summed E-state index contributed by atoms with van der Waals surface area (Å²) in [6.45, 7) is 4.76. The van der Waals surface area contributed by atoms with E-state index in [1.165, 1.54) is 0 Å². The van der Waals surface area contributed by atoms with E-state index in [2.05, 4.69) is 19.2 Å². The third kappa shape index (κ3) is 2.44. The Morgan fingerprint density at radius 3 is 2.56 bits per heavy atom. The quantitative estimate of drug-likeness (QED) is 0.759. The standard InChI is InChI=1S/C14H23NO3/c1-9(2)6-11-13(17)15-12(16)7-14(11,8-18-3)10-4-5-10/h9-11H,4-8H2,1-3H3,(H,15,16,17). The van der Waals surface area contributed by atoms with Gasteiger partial charge in [-0.05, 0) is 31.1 Å². The van der Waals surface area contributed by atoms with Crippen LogP contribution in [-0.4, -0.2) is 25.5 Å². The highest BCUT2D eigenvalue weighted by Crippen LogP contribution is 2.55. The van der Waals surface area contributed by atoms with E-state index in [1.807, 2.05) is 0 Å². The first-order chi connectivity index (χ1) is 8.49. The van der Waals surface area contributed by atoms with Crippen molar-refractivity contribution in [3.05, 3.63) is 0 Å². The first-order valence-corrected chi connectivity index (χ1v) is 6.82. The summed E-state index contributed by atoms with van der Waals surface area (Å²) < 4.78 is 5.36. The van der Waals surface area contributed by atoms with Gasteiger partial charge in [0.05, 0.1) is 6.61 Å². The second-order valence-electron chi connectivity index (χ2n) is 6.21. The molecular formula is C14H23NO3. The van der Waals surface area contributed by atoms with Crippen LogP contribution < -0.4 is 5.32 Å². The summed E-state index contributed by atoms with van der Waals surface area (Å²) in [5, 5.41) is 2.50. The molecule has 0 aromatic rings. The molecule has 0 aromatic carbocycles. The van der Waals surface area contributed by atoms with Crippen LogP contribution in [0.2, 0.25) is 0 Å². The SMILES string of the molecule is COCC1(C2CC2)CC(=O)NC(=O)C1CC(C)C. The van der Waals surface area contributed by atoms with Crippen LogP contribution in [0.15, 0.2) is 0 Å². The average Bonchev–Trinajstić information content (AvgIpc) is 3.07. The van der Waals surface area contributed by atoms with Crippen LogP contribution in [0.1, 0.15) is 39.5 Å². The van der Waals surface area contributed by atoms with Crippen molar-refractivity contribution >= 4 is 11.8 Å². The Morgan fingerprint density at radius 1 is 1.39 bits per heavy atom. The predicted molar refractivity (Wildman–Crippen MR) is 67.7 cm³/mol. The highest BCUT2D eigenvalue weighted by atomic mass is 16.5. The van der Waals surface area contributed by atoms with Crippen molar-refractivity contribution in [1.82, 2.24) is 5.32 Å². The molecule has 0 spiro atoms. The van der Waals surface area contributed by atoms with E-state index in [4.69, 9.17) is 4.74 Å². The minimum atomic E-state index is -0.252. The van der Waals surface area contributed by atoms with Gasteiger partial charge in [-0.3, -0.25) is 14.9 Å². The van der Waals surface area contributed by atoms with Crippen LogP contribution in [0.3, 0.4) is 0 Å². The van der Waals surface area contributed by atoms with Gasteiger partial charge < -0.3 is 4.74 Å². The summed E-state index contributed by atoms with van der Waals surface area (Å²) in [5.41, 5.74) is -0.252. The zero-order valence-corrected chi connectivity index (χ0v) is 11.5. The number of ether oxygens (including phenoxy) is 1. The monoisotopic (exact) mass is 253 g/mol. The molecule has 2 aliphatic rings. The second kappa shape index (κ2) is 5.00. The first-order valence-electron chi connectivity index (χ1n) is 6.82. The lowest BCUT2D eigenvalue weighted by atomic mass is 9.64. The van der Waals surface area contributed by atoms with Gasteiger partial charge in [0.1, 0.15) is 0 Å². The Kier molecular flexibility index (Phi) is 3.76. The van der Waals surface area contributed by atoms with E-state index in [1.54, 1.807) is 7.11 Å². The second-order valence-corrected chi connectivity index (χ2v) is 6.21. The number of hydrogen-bond donors (Lipinski definition) is 1. The Bertz CT molecular complexity index is 349. The lowest BCUT2D eigenvalue weighted by Gasteiger charge is -2.43. The van der Waals surface area contributed by atoms with Crippen molar-refractivity contribution in [1.29, 1.82) is 0 Å². The maximum atomic E-state index is 12.2. The van der Waals surface area contributed by atoms with Crippen LogP contribution >= 0.6 is 0 Å². The van der Waals surface area contributed by atoms with Crippen molar-refractivity contribution in [3.63, 3.8) is 0 Å². The summed E-state index contributed by atoms with van der Waals surface area (Å²) in [5.74, 6) is 0.621. The summed E-state index contributed by atoms with van der Waals surface area (Å²) >= 11 is 0. The lowest BCUT2D eigenvalue weighted by molar-refractivity contribution is -0.149. The number of hydrogen-bond acceptors (Lipinski definition) is 3. The number of imide groups is 1. The third-order valence-corrected chi connectivity index (χ3v) is 4.27. The van der Waals surface area contributed by atoms with Gasteiger partial charge in [-0.25, -0.2) is 0 Å². The van der Waals surface area contributed by atoms with Crippen molar-refractivity contribution in [2.45, 2.75) is 39.5 Å². The van der Waals surface area contributed by atoms with Gasteiger partial charge in [0.2, 0.25) is 11.8 Å². The molecule has 1 aliphatic carbocycles. The fraction of sp³-hybridized carbons (Fsp3) is 0.857. The first kappa shape index (κ1) is 13.5. The van der Waals surface area contributed by atoms with Gasteiger partial charge in [0, 0.05) is 24.9 Å². The fourth-order valence-corrected chi connectivity index (χ4v) is 3.39. The molecule has 1 saturated heterocycles. The lowest BCUT2D eigenvalue weighted by Crippen LogP contribution is -2.55. The van der Waals surface area contributed by atoms with E-state index < -0.39 is 0 Å². The van der Waals surface area contributed by atoms with Crippen molar-refractivity contribution in [3.8, 4) is 0 Å². The van der Waals surface area contributed by atoms with E-state index in [-0.39, 0.29) is 23.1 Å². The van der Waals surface area contributed by atoms with Crippen LogP contribution in [0.4, 0.5) is 0 Å². The molecule has 4 heteroatoms. The number of carbonyl (C=O) groups is 2. The van der Waals surface area contributed by atoms with Gasteiger partial charge in [-0.1, -0.05) is 13.8 Å². The number of amides is 2. The van der Waals surface area contributed by atoms with Gasteiger partial charge in [0.25, 0.3) is 0 Å². The van der Waals surface area contributed by atoms with Gasteiger partial charge in [-0.2, -0.15) is 0 Å². The molecule has 0 aromatic heterocycles.